The number of rotatable bonds is 2. The van der Waals surface area contributed by atoms with Gasteiger partial charge in [-0.05, 0) is 19.1 Å². The number of hydrogen-bond donors (Lipinski definition) is 2. The molecule has 2 N–H and O–H groups in total. The van der Waals surface area contributed by atoms with Crippen molar-refractivity contribution in [3.8, 4) is 0 Å². The molecule has 1 unspecified atom stereocenters. The van der Waals surface area contributed by atoms with E-state index in [9.17, 15) is 14.0 Å². The SMILES string of the molecule is COC(=O)C1=C(C)NC(=O)NC1c1c(F)cccc1Cl. The van der Waals surface area contributed by atoms with Crippen LogP contribution in [-0.2, 0) is 9.53 Å². The van der Waals surface area contributed by atoms with Crippen LogP contribution in [0.3, 0.4) is 0 Å². The Balaban J connectivity index is 2.60. The molecule has 1 aliphatic heterocycles. The number of benzene rings is 1. The predicted octanol–water partition coefficient (Wildman–Crippen LogP) is 2.28. The maximum absolute atomic E-state index is 14.0. The molecule has 1 aromatic carbocycles. The summed E-state index contributed by atoms with van der Waals surface area (Å²) in [5.41, 5.74) is 0.438. The molecule has 0 fully saturated rings. The van der Waals surface area contributed by atoms with E-state index in [0.29, 0.717) is 5.70 Å². The fourth-order valence-electron chi connectivity index (χ4n) is 2.08. The molecule has 0 saturated heterocycles. The Bertz CT molecular complexity index is 595. The fraction of sp³-hybridized carbons (Fsp3) is 0.231. The zero-order valence-electron chi connectivity index (χ0n) is 10.8. The molecule has 0 spiro atoms. The van der Waals surface area contributed by atoms with Crippen LogP contribution in [0, 0.1) is 5.82 Å². The van der Waals surface area contributed by atoms with Crippen LogP contribution in [0.15, 0.2) is 29.5 Å². The monoisotopic (exact) mass is 298 g/mol. The van der Waals surface area contributed by atoms with Crippen molar-refractivity contribution >= 4 is 23.6 Å². The molecule has 0 bridgehead atoms. The largest absolute Gasteiger partial charge is 0.466 e. The molecule has 1 aromatic rings. The third-order valence-corrected chi connectivity index (χ3v) is 3.29. The van der Waals surface area contributed by atoms with Gasteiger partial charge in [0.05, 0.1) is 18.7 Å². The van der Waals surface area contributed by atoms with Crippen LogP contribution in [-0.4, -0.2) is 19.1 Å². The minimum atomic E-state index is -0.995. The number of methoxy groups -OCH3 is 1. The van der Waals surface area contributed by atoms with E-state index in [1.165, 1.54) is 32.2 Å². The van der Waals surface area contributed by atoms with E-state index >= 15 is 0 Å². The summed E-state index contributed by atoms with van der Waals surface area (Å²) in [5.74, 6) is -1.28. The second kappa shape index (κ2) is 5.50. The van der Waals surface area contributed by atoms with Gasteiger partial charge < -0.3 is 15.4 Å². The van der Waals surface area contributed by atoms with Crippen molar-refractivity contribution in [2.75, 3.05) is 7.11 Å². The van der Waals surface area contributed by atoms with Gasteiger partial charge in [0.2, 0.25) is 0 Å². The van der Waals surface area contributed by atoms with Crippen LogP contribution in [0.5, 0.6) is 0 Å². The molecule has 2 amide bonds. The van der Waals surface area contributed by atoms with E-state index in [1.54, 1.807) is 0 Å². The van der Waals surface area contributed by atoms with Crippen LogP contribution in [0.1, 0.15) is 18.5 Å². The zero-order valence-corrected chi connectivity index (χ0v) is 11.5. The molecular weight excluding hydrogens is 287 g/mol. The van der Waals surface area contributed by atoms with Crippen molar-refractivity contribution in [1.82, 2.24) is 10.6 Å². The van der Waals surface area contributed by atoms with E-state index in [1.807, 2.05) is 0 Å². The molecule has 106 valence electrons. The highest BCUT2D eigenvalue weighted by Gasteiger charge is 2.34. The van der Waals surface area contributed by atoms with Gasteiger partial charge >= 0.3 is 12.0 Å². The van der Waals surface area contributed by atoms with Gasteiger partial charge in [0.15, 0.2) is 0 Å². The van der Waals surface area contributed by atoms with Crippen molar-refractivity contribution in [3.63, 3.8) is 0 Å². The first-order valence-corrected chi connectivity index (χ1v) is 6.14. The first-order valence-electron chi connectivity index (χ1n) is 5.76. The number of nitrogens with one attached hydrogen (secondary N) is 2. The fourth-order valence-corrected chi connectivity index (χ4v) is 2.35. The normalized spacial score (nSPS) is 18.4. The molecule has 1 atom stereocenters. The van der Waals surface area contributed by atoms with Gasteiger partial charge in [0, 0.05) is 16.3 Å². The summed E-state index contributed by atoms with van der Waals surface area (Å²) in [5, 5.41) is 5.04. The van der Waals surface area contributed by atoms with Gasteiger partial charge in [0.25, 0.3) is 0 Å². The molecule has 0 aromatic heterocycles. The van der Waals surface area contributed by atoms with Gasteiger partial charge in [-0.25, -0.2) is 14.0 Å². The predicted molar refractivity (Wildman–Crippen MR) is 70.5 cm³/mol. The van der Waals surface area contributed by atoms with Crippen LogP contribution in [0.4, 0.5) is 9.18 Å². The third kappa shape index (κ3) is 2.46. The summed E-state index contributed by atoms with van der Waals surface area (Å²) in [6.45, 7) is 1.53. The maximum atomic E-state index is 14.0. The smallest absolute Gasteiger partial charge is 0.337 e. The first-order chi connectivity index (χ1) is 9.45. The highest BCUT2D eigenvalue weighted by Crippen LogP contribution is 2.33. The lowest BCUT2D eigenvalue weighted by atomic mass is 9.95. The molecule has 1 heterocycles. The molecule has 1 aliphatic rings. The highest BCUT2D eigenvalue weighted by atomic mass is 35.5. The molecule has 2 rings (SSSR count). The van der Waals surface area contributed by atoms with Gasteiger partial charge in [0.1, 0.15) is 5.82 Å². The van der Waals surface area contributed by atoms with Crippen LogP contribution in [0.2, 0.25) is 5.02 Å². The van der Waals surface area contributed by atoms with Crippen molar-refractivity contribution in [2.45, 2.75) is 13.0 Å². The Labute approximate surface area is 119 Å². The standard InChI is InChI=1S/C13H12ClFN2O3/c1-6-9(12(18)20-2)11(17-13(19)16-6)10-7(14)4-3-5-8(10)15/h3-5,11H,1-2H3,(H2,16,17,19). The molecule has 7 heteroatoms. The third-order valence-electron chi connectivity index (χ3n) is 2.96. The molecule has 0 radical (unpaired) electrons. The Kier molecular flexibility index (Phi) is 3.94. The summed E-state index contributed by atoms with van der Waals surface area (Å²) in [7, 11) is 1.21. The van der Waals surface area contributed by atoms with Crippen LogP contribution >= 0.6 is 11.6 Å². The summed E-state index contributed by atoms with van der Waals surface area (Å²) in [4.78, 5) is 23.4. The van der Waals surface area contributed by atoms with Crippen molar-refractivity contribution in [2.24, 2.45) is 0 Å². The number of hydrogen-bond acceptors (Lipinski definition) is 3. The van der Waals surface area contributed by atoms with Crippen LogP contribution < -0.4 is 10.6 Å². The topological polar surface area (TPSA) is 67.4 Å². The lowest BCUT2D eigenvalue weighted by Gasteiger charge is -2.28. The molecule has 5 nitrogen and oxygen atoms in total. The van der Waals surface area contributed by atoms with Gasteiger partial charge in [-0.2, -0.15) is 0 Å². The Hall–Kier alpha value is -2.08. The number of allylic oxidation sites excluding steroid dienone is 1. The van der Waals surface area contributed by atoms with Crippen molar-refractivity contribution < 1.29 is 18.7 Å². The summed E-state index contributed by atoms with van der Waals surface area (Å²) in [6.07, 6.45) is 0. The zero-order chi connectivity index (χ0) is 14.9. The maximum Gasteiger partial charge on any atom is 0.337 e. The summed E-state index contributed by atoms with van der Waals surface area (Å²) in [6, 6.07) is 2.60. The molecule has 0 aliphatic carbocycles. The van der Waals surface area contributed by atoms with E-state index in [4.69, 9.17) is 11.6 Å². The number of carbonyl (C=O) groups is 2. The minimum absolute atomic E-state index is 0.0313. The number of halogens is 2. The van der Waals surface area contributed by atoms with E-state index < -0.39 is 23.9 Å². The first kappa shape index (κ1) is 14.3. The number of ether oxygens (including phenoxy) is 1. The van der Waals surface area contributed by atoms with E-state index in [-0.39, 0.29) is 16.2 Å². The molecule has 20 heavy (non-hydrogen) atoms. The highest BCUT2D eigenvalue weighted by molar-refractivity contribution is 6.31. The summed E-state index contributed by atoms with van der Waals surface area (Å²) < 4.78 is 18.7. The average molecular weight is 299 g/mol. The lowest BCUT2D eigenvalue weighted by molar-refractivity contribution is -0.136. The van der Waals surface area contributed by atoms with Gasteiger partial charge in [-0.3, -0.25) is 0 Å². The minimum Gasteiger partial charge on any atom is -0.466 e. The number of amides is 2. The second-order valence-electron chi connectivity index (χ2n) is 4.20. The number of carbonyl (C=O) groups excluding carboxylic acids is 2. The average Bonchev–Trinajstić information content (AvgIpc) is 2.37. The van der Waals surface area contributed by atoms with Gasteiger partial charge in [-0.15, -0.1) is 0 Å². The lowest BCUT2D eigenvalue weighted by Crippen LogP contribution is -2.45. The van der Waals surface area contributed by atoms with E-state index in [2.05, 4.69) is 15.4 Å². The Morgan fingerprint density at radius 3 is 2.75 bits per heavy atom. The second-order valence-corrected chi connectivity index (χ2v) is 4.60. The number of esters is 1. The summed E-state index contributed by atoms with van der Waals surface area (Å²) >= 11 is 5.99. The number of urea groups is 1. The Morgan fingerprint density at radius 1 is 1.45 bits per heavy atom. The molecule has 0 saturated carbocycles. The van der Waals surface area contributed by atoms with Gasteiger partial charge in [-0.1, -0.05) is 17.7 Å². The van der Waals surface area contributed by atoms with Crippen molar-refractivity contribution in [1.29, 1.82) is 0 Å². The van der Waals surface area contributed by atoms with Crippen molar-refractivity contribution in [3.05, 3.63) is 45.9 Å². The van der Waals surface area contributed by atoms with Crippen LogP contribution in [0.25, 0.3) is 0 Å². The quantitative estimate of drug-likeness (QED) is 0.823. The molecular formula is C13H12ClFN2O3. The van der Waals surface area contributed by atoms with E-state index in [0.717, 1.165) is 0 Å². The Morgan fingerprint density at radius 2 is 2.15 bits per heavy atom.